The summed E-state index contributed by atoms with van der Waals surface area (Å²) in [5.74, 6) is 1.06. The molecule has 0 aromatic carbocycles. The third kappa shape index (κ3) is 56.0. The molecule has 0 spiro atoms. The van der Waals surface area contributed by atoms with E-state index in [0.29, 0.717) is 0 Å². The maximum Gasteiger partial charge on any atom is -0.0443 e. The molecule has 100 valence electrons. The van der Waals surface area contributed by atoms with Crippen molar-refractivity contribution in [3.05, 3.63) is 0 Å². The van der Waals surface area contributed by atoms with Crippen LogP contribution in [0.3, 0.4) is 0 Å². The molecule has 0 atom stereocenters. The maximum atomic E-state index is 2.31. The first-order chi connectivity index (χ1) is 7.39. The Morgan fingerprint density at radius 2 is 0.667 bits per heavy atom. The molecule has 1 saturated carbocycles. The Balaban J connectivity index is -0.0000000295. The Kier molecular flexibility index (Phi) is 129. The normalized spacial score (nSPS) is 10.6. The highest BCUT2D eigenvalue weighted by Crippen LogP contribution is 2.24. The van der Waals surface area contributed by atoms with Gasteiger partial charge in [0, 0.05) is 0 Å². The summed E-state index contributed by atoms with van der Waals surface area (Å²) in [6, 6.07) is 0. The molecular formula is C15H40. The van der Waals surface area contributed by atoms with Crippen LogP contribution in [0.25, 0.3) is 0 Å². The molecule has 1 aliphatic carbocycles. The van der Waals surface area contributed by atoms with Crippen molar-refractivity contribution in [3.63, 3.8) is 0 Å². The van der Waals surface area contributed by atoms with Crippen molar-refractivity contribution < 1.29 is 0 Å². The highest BCUT2D eigenvalue weighted by Gasteiger charge is 2.09. The largest absolute Gasteiger partial charge is 0.0683 e. The third-order valence-corrected chi connectivity index (χ3v) is 1.39. The van der Waals surface area contributed by atoms with Crippen molar-refractivity contribution in [1.82, 2.24) is 0 Å². The molecule has 0 aromatic rings. The first kappa shape index (κ1) is 29.4. The van der Waals surface area contributed by atoms with Crippen LogP contribution in [0.4, 0.5) is 0 Å². The lowest BCUT2D eigenvalue weighted by molar-refractivity contribution is 0.346. The van der Waals surface area contributed by atoms with Gasteiger partial charge >= 0.3 is 0 Å². The van der Waals surface area contributed by atoms with Gasteiger partial charge in [-0.15, -0.1) is 0 Å². The maximum absolute atomic E-state index is 2.31. The Bertz CT molecular complexity index is 27.0. The Morgan fingerprint density at radius 3 is 0.667 bits per heavy atom. The predicted octanol–water partition coefficient (Wildman–Crippen LogP) is 6.94. The zero-order valence-electron chi connectivity index (χ0n) is 13.7. The van der Waals surface area contributed by atoms with Crippen molar-refractivity contribution in [3.8, 4) is 0 Å². The molecule has 0 unspecified atom stereocenters. The van der Waals surface area contributed by atoms with Crippen LogP contribution >= 0.6 is 0 Å². The minimum atomic E-state index is 1.06. The van der Waals surface area contributed by atoms with Gasteiger partial charge in [0.25, 0.3) is 0 Å². The first-order valence-corrected chi connectivity index (χ1v) is 7.39. The minimum Gasteiger partial charge on any atom is -0.0683 e. The molecule has 0 saturated heterocycles. The lowest BCUT2D eigenvalue weighted by Gasteiger charge is -2.18. The van der Waals surface area contributed by atoms with Crippen LogP contribution in [0.2, 0.25) is 0 Å². The van der Waals surface area contributed by atoms with Crippen LogP contribution < -0.4 is 0 Å². The Hall–Kier alpha value is 0. The summed E-state index contributed by atoms with van der Waals surface area (Å²) in [5, 5.41) is 0. The summed E-state index contributed by atoms with van der Waals surface area (Å²) in [6.45, 7) is 22.3. The van der Waals surface area contributed by atoms with Crippen LogP contribution in [0.15, 0.2) is 0 Å². The fourth-order valence-electron chi connectivity index (χ4n) is 0.612. The van der Waals surface area contributed by atoms with E-state index in [1.807, 2.05) is 69.2 Å². The summed E-state index contributed by atoms with van der Waals surface area (Å²) in [7, 11) is 0. The second-order valence-corrected chi connectivity index (χ2v) is 2.04. The van der Waals surface area contributed by atoms with Gasteiger partial charge in [-0.1, -0.05) is 95.4 Å². The van der Waals surface area contributed by atoms with Crippen molar-refractivity contribution >= 4 is 0 Å². The summed E-state index contributed by atoms with van der Waals surface area (Å²) < 4.78 is 0. The molecule has 15 heavy (non-hydrogen) atoms. The van der Waals surface area contributed by atoms with Crippen LogP contribution in [0.1, 0.15) is 95.4 Å². The Labute approximate surface area is 102 Å². The summed E-state index contributed by atoms with van der Waals surface area (Å²) in [6.07, 6.45) is 4.46. The highest BCUT2D eigenvalue weighted by molar-refractivity contribution is 4.62. The van der Waals surface area contributed by atoms with E-state index in [1.165, 1.54) is 19.3 Å². The van der Waals surface area contributed by atoms with E-state index in [9.17, 15) is 0 Å². The molecular weight excluding hydrogens is 180 g/mol. The van der Waals surface area contributed by atoms with Gasteiger partial charge < -0.3 is 0 Å². The number of rotatable bonds is 0. The van der Waals surface area contributed by atoms with Gasteiger partial charge in [-0.3, -0.25) is 0 Å². The van der Waals surface area contributed by atoms with E-state index in [1.54, 1.807) is 0 Å². The van der Waals surface area contributed by atoms with Gasteiger partial charge in [-0.25, -0.2) is 0 Å². The van der Waals surface area contributed by atoms with Gasteiger partial charge in [0.1, 0.15) is 0 Å². The van der Waals surface area contributed by atoms with E-state index in [2.05, 4.69) is 6.92 Å². The van der Waals surface area contributed by atoms with Crippen molar-refractivity contribution in [2.45, 2.75) is 95.4 Å². The lowest BCUT2D eigenvalue weighted by atomic mass is 9.88. The van der Waals surface area contributed by atoms with Crippen molar-refractivity contribution in [1.29, 1.82) is 0 Å². The van der Waals surface area contributed by atoms with E-state index in [-0.39, 0.29) is 0 Å². The standard InChI is InChI=1S/C5H10.5C2H6/c1-5-3-2-4-5;5*1-2/h5H,2-4H2,1H3;5*1-2H3. The molecule has 1 fully saturated rings. The fraction of sp³-hybridized carbons (Fsp3) is 1.00. The van der Waals surface area contributed by atoms with Gasteiger partial charge in [0.05, 0.1) is 0 Å². The molecule has 1 aliphatic rings. The van der Waals surface area contributed by atoms with Crippen molar-refractivity contribution in [2.24, 2.45) is 5.92 Å². The molecule has 0 heterocycles. The van der Waals surface area contributed by atoms with Gasteiger partial charge in [-0.2, -0.15) is 0 Å². The molecule has 0 heteroatoms. The molecule has 0 N–H and O–H groups in total. The second-order valence-electron chi connectivity index (χ2n) is 2.04. The average molecular weight is 220 g/mol. The molecule has 0 aromatic heterocycles. The van der Waals surface area contributed by atoms with Crippen LogP contribution in [-0.2, 0) is 0 Å². The van der Waals surface area contributed by atoms with Crippen LogP contribution in [0, 0.1) is 5.92 Å². The first-order valence-electron chi connectivity index (χ1n) is 7.39. The molecule has 0 radical (unpaired) electrons. The van der Waals surface area contributed by atoms with Gasteiger partial charge in [-0.05, 0) is 5.92 Å². The molecule has 0 amide bonds. The quantitative estimate of drug-likeness (QED) is 0.415. The zero-order valence-corrected chi connectivity index (χ0v) is 13.7. The minimum absolute atomic E-state index is 1.06. The van der Waals surface area contributed by atoms with E-state index in [4.69, 9.17) is 0 Å². The summed E-state index contributed by atoms with van der Waals surface area (Å²) in [4.78, 5) is 0. The SMILES string of the molecule is CC.CC.CC.CC.CC.CC1CCC1. The predicted molar refractivity (Wildman–Crippen MR) is 79.8 cm³/mol. The fourth-order valence-corrected chi connectivity index (χ4v) is 0.612. The van der Waals surface area contributed by atoms with Crippen LogP contribution in [-0.4, -0.2) is 0 Å². The molecule has 0 aliphatic heterocycles. The molecule has 1 rings (SSSR count). The third-order valence-electron chi connectivity index (χ3n) is 1.39. The summed E-state index contributed by atoms with van der Waals surface area (Å²) >= 11 is 0. The summed E-state index contributed by atoms with van der Waals surface area (Å²) in [5.41, 5.74) is 0. The van der Waals surface area contributed by atoms with E-state index in [0.717, 1.165) is 5.92 Å². The van der Waals surface area contributed by atoms with E-state index >= 15 is 0 Å². The van der Waals surface area contributed by atoms with Crippen LogP contribution in [0.5, 0.6) is 0 Å². The van der Waals surface area contributed by atoms with E-state index < -0.39 is 0 Å². The van der Waals surface area contributed by atoms with Gasteiger partial charge in [0.15, 0.2) is 0 Å². The highest BCUT2D eigenvalue weighted by atomic mass is 14.1. The second kappa shape index (κ2) is 65.7. The molecule has 0 bridgehead atoms. The van der Waals surface area contributed by atoms with Crippen molar-refractivity contribution in [2.75, 3.05) is 0 Å². The Morgan fingerprint density at radius 1 is 0.533 bits per heavy atom. The molecule has 0 nitrogen and oxygen atoms in total. The van der Waals surface area contributed by atoms with Gasteiger partial charge in [0.2, 0.25) is 0 Å². The smallest absolute Gasteiger partial charge is 0.0443 e. The monoisotopic (exact) mass is 220 g/mol. The lowest BCUT2D eigenvalue weighted by Crippen LogP contribution is -2.04. The zero-order chi connectivity index (χ0) is 13.7. The topological polar surface area (TPSA) is 0 Å². The number of hydrogen-bond donors (Lipinski definition) is 0. The average Bonchev–Trinajstić information content (AvgIpc) is 2.39. The number of hydrogen-bond acceptors (Lipinski definition) is 0.